The number of aryl methyl sites for hydroxylation is 1. The van der Waals surface area contributed by atoms with E-state index in [0.717, 1.165) is 21.8 Å². The van der Waals surface area contributed by atoms with Crippen molar-refractivity contribution in [2.75, 3.05) is 5.75 Å². The number of para-hydroxylation sites is 2. The molecule has 4 rings (SSSR count). The lowest BCUT2D eigenvalue weighted by Gasteiger charge is -2.09. The number of imidazole rings is 1. The van der Waals surface area contributed by atoms with E-state index in [4.69, 9.17) is 16.6 Å². The summed E-state index contributed by atoms with van der Waals surface area (Å²) in [7, 11) is 0. The monoisotopic (exact) mass is 462 g/mol. The summed E-state index contributed by atoms with van der Waals surface area (Å²) in [5.74, 6) is 0.00613. The second-order valence-electron chi connectivity index (χ2n) is 7.46. The van der Waals surface area contributed by atoms with Gasteiger partial charge in [-0.05, 0) is 37.6 Å². The van der Waals surface area contributed by atoms with Crippen LogP contribution in [0.4, 0.5) is 0 Å². The van der Waals surface area contributed by atoms with Crippen LogP contribution >= 0.6 is 23.4 Å². The molecule has 0 aliphatic heterocycles. The number of fused-ring (bicyclic) bond motifs is 1. The molecule has 0 aliphatic carbocycles. The number of hydrazone groups is 1. The van der Waals surface area contributed by atoms with Crippen molar-refractivity contribution in [1.29, 1.82) is 0 Å². The minimum absolute atomic E-state index is 0.199. The number of nitrogens with one attached hydrogen (secondary N) is 1. The van der Waals surface area contributed by atoms with Gasteiger partial charge in [0, 0.05) is 10.6 Å². The summed E-state index contributed by atoms with van der Waals surface area (Å²) >= 11 is 7.60. The third kappa shape index (κ3) is 5.21. The lowest BCUT2D eigenvalue weighted by molar-refractivity contribution is -0.118. The number of benzene rings is 3. The number of carbonyl (C=O) groups excluding carboxylic acids is 1. The maximum Gasteiger partial charge on any atom is 0.250 e. The molecule has 1 heterocycles. The normalized spacial score (nSPS) is 11.7. The van der Waals surface area contributed by atoms with Crippen molar-refractivity contribution in [3.05, 3.63) is 94.5 Å². The van der Waals surface area contributed by atoms with Gasteiger partial charge >= 0.3 is 0 Å². The van der Waals surface area contributed by atoms with E-state index in [1.807, 2.05) is 43.3 Å². The number of aromatic nitrogens is 2. The molecule has 1 aromatic heterocycles. The van der Waals surface area contributed by atoms with Gasteiger partial charge in [0.05, 0.1) is 29.0 Å². The maximum atomic E-state index is 12.5. The summed E-state index contributed by atoms with van der Waals surface area (Å²) in [6, 6.07) is 23.9. The molecule has 32 heavy (non-hydrogen) atoms. The third-order valence-electron chi connectivity index (χ3n) is 5.03. The number of amides is 1. The number of carbonyl (C=O) groups is 1. The molecule has 0 fully saturated rings. The van der Waals surface area contributed by atoms with E-state index < -0.39 is 0 Å². The van der Waals surface area contributed by atoms with Gasteiger partial charge in [-0.1, -0.05) is 83.5 Å². The van der Waals surface area contributed by atoms with Gasteiger partial charge in [-0.25, -0.2) is 10.4 Å². The van der Waals surface area contributed by atoms with Crippen LogP contribution in [0, 0.1) is 6.92 Å². The van der Waals surface area contributed by atoms with E-state index in [1.165, 1.54) is 22.9 Å². The zero-order valence-electron chi connectivity index (χ0n) is 17.9. The molecule has 162 valence electrons. The first-order chi connectivity index (χ1) is 15.5. The number of hydrogen-bond acceptors (Lipinski definition) is 4. The second kappa shape index (κ2) is 10.0. The molecular formula is C25H23ClN4OS. The van der Waals surface area contributed by atoms with Crippen LogP contribution in [-0.4, -0.2) is 26.9 Å². The fraction of sp³-hybridized carbons (Fsp3) is 0.160. The Balaban J connectivity index is 1.48. The first-order valence-electron chi connectivity index (χ1n) is 10.2. The molecule has 0 unspecified atom stereocenters. The van der Waals surface area contributed by atoms with Crippen molar-refractivity contribution in [2.45, 2.75) is 25.5 Å². The predicted molar refractivity (Wildman–Crippen MR) is 133 cm³/mol. The van der Waals surface area contributed by atoms with E-state index in [-0.39, 0.29) is 11.7 Å². The molecule has 7 heteroatoms. The minimum Gasteiger partial charge on any atom is -0.314 e. The molecule has 0 aliphatic rings. The topological polar surface area (TPSA) is 59.3 Å². The van der Waals surface area contributed by atoms with Crippen molar-refractivity contribution in [1.82, 2.24) is 15.0 Å². The van der Waals surface area contributed by atoms with Crippen molar-refractivity contribution in [3.8, 4) is 0 Å². The molecule has 0 saturated carbocycles. The number of halogens is 1. The Morgan fingerprint density at radius 3 is 2.56 bits per heavy atom. The zero-order chi connectivity index (χ0) is 22.5. The number of hydrogen-bond donors (Lipinski definition) is 1. The molecule has 0 spiro atoms. The van der Waals surface area contributed by atoms with Crippen LogP contribution < -0.4 is 5.43 Å². The van der Waals surface area contributed by atoms with Gasteiger partial charge in [0.25, 0.3) is 5.91 Å². The van der Waals surface area contributed by atoms with Crippen LogP contribution in [0.5, 0.6) is 0 Å². The number of nitrogens with zero attached hydrogens (tertiary/aromatic N) is 3. The quantitative estimate of drug-likeness (QED) is 0.218. The van der Waals surface area contributed by atoms with Crippen LogP contribution in [0.2, 0.25) is 5.02 Å². The maximum absolute atomic E-state index is 12.5. The average molecular weight is 463 g/mol. The van der Waals surface area contributed by atoms with Gasteiger partial charge in [0.1, 0.15) is 0 Å². The molecule has 1 amide bonds. The van der Waals surface area contributed by atoms with E-state index in [0.29, 0.717) is 17.3 Å². The summed E-state index contributed by atoms with van der Waals surface area (Å²) in [5.41, 5.74) is 8.43. The smallest absolute Gasteiger partial charge is 0.250 e. The van der Waals surface area contributed by atoms with Gasteiger partial charge < -0.3 is 4.57 Å². The molecule has 0 saturated heterocycles. The van der Waals surface area contributed by atoms with Gasteiger partial charge in [0.15, 0.2) is 5.16 Å². The van der Waals surface area contributed by atoms with Crippen LogP contribution in [0.1, 0.15) is 23.6 Å². The van der Waals surface area contributed by atoms with Crippen molar-refractivity contribution >= 4 is 46.0 Å². The van der Waals surface area contributed by atoms with Crippen LogP contribution in [0.3, 0.4) is 0 Å². The fourth-order valence-corrected chi connectivity index (χ4v) is 4.39. The molecule has 1 N–H and O–H groups in total. The Bertz CT molecular complexity index is 1280. The predicted octanol–water partition coefficient (Wildman–Crippen LogP) is 5.68. The van der Waals surface area contributed by atoms with E-state index in [9.17, 15) is 4.79 Å². The third-order valence-corrected chi connectivity index (χ3v) is 6.33. The standard InChI is InChI=1S/C25H23ClN4OS/c1-17-11-13-19(14-12-17)15-30-23-10-6-5-9-22(23)27-25(30)32-16-24(31)29-28-18(2)20-7-3-4-8-21(20)26/h3-14H,15-16H2,1-2H3,(H,29,31). The second-order valence-corrected chi connectivity index (χ2v) is 8.81. The van der Waals surface area contributed by atoms with Crippen molar-refractivity contribution < 1.29 is 4.79 Å². The molecule has 5 nitrogen and oxygen atoms in total. The van der Waals surface area contributed by atoms with Gasteiger partial charge in [0.2, 0.25) is 0 Å². The SMILES string of the molecule is CC(=NNC(=O)CSc1nc2ccccc2n1Cc1ccc(C)cc1)c1ccccc1Cl. The Morgan fingerprint density at radius 2 is 1.78 bits per heavy atom. The molecular weight excluding hydrogens is 440 g/mol. The van der Waals surface area contributed by atoms with Gasteiger partial charge in [-0.2, -0.15) is 5.10 Å². The lowest BCUT2D eigenvalue weighted by Crippen LogP contribution is -2.21. The largest absolute Gasteiger partial charge is 0.314 e. The highest BCUT2D eigenvalue weighted by Gasteiger charge is 2.13. The first-order valence-corrected chi connectivity index (χ1v) is 11.6. The summed E-state index contributed by atoms with van der Waals surface area (Å²) < 4.78 is 2.15. The van der Waals surface area contributed by atoms with Gasteiger partial charge in [-0.15, -0.1) is 0 Å². The Kier molecular flexibility index (Phi) is 6.93. The van der Waals surface area contributed by atoms with Crippen LogP contribution in [-0.2, 0) is 11.3 Å². The number of rotatable bonds is 7. The van der Waals surface area contributed by atoms with Crippen LogP contribution in [0.15, 0.2) is 83.1 Å². The van der Waals surface area contributed by atoms with E-state index in [1.54, 1.807) is 6.07 Å². The molecule has 0 bridgehead atoms. The van der Waals surface area contributed by atoms with Crippen LogP contribution in [0.25, 0.3) is 11.0 Å². The highest BCUT2D eigenvalue weighted by atomic mass is 35.5. The van der Waals surface area contributed by atoms with E-state index in [2.05, 4.69) is 52.3 Å². The molecule has 3 aromatic carbocycles. The molecule has 4 aromatic rings. The average Bonchev–Trinajstić information content (AvgIpc) is 3.15. The Morgan fingerprint density at radius 1 is 1.06 bits per heavy atom. The Labute approximate surface area is 196 Å². The highest BCUT2D eigenvalue weighted by Crippen LogP contribution is 2.25. The lowest BCUT2D eigenvalue weighted by atomic mass is 10.1. The molecule has 0 radical (unpaired) electrons. The summed E-state index contributed by atoms with van der Waals surface area (Å²) in [6.45, 7) is 4.58. The van der Waals surface area contributed by atoms with Gasteiger partial charge in [-0.3, -0.25) is 4.79 Å². The highest BCUT2D eigenvalue weighted by molar-refractivity contribution is 7.99. The summed E-state index contributed by atoms with van der Waals surface area (Å²) in [5, 5.41) is 5.60. The van der Waals surface area contributed by atoms with E-state index >= 15 is 0 Å². The first kappa shape index (κ1) is 22.1. The van der Waals surface area contributed by atoms with Crippen molar-refractivity contribution in [2.24, 2.45) is 5.10 Å². The molecule has 0 atom stereocenters. The fourth-order valence-electron chi connectivity index (χ4n) is 3.32. The number of thioether (sulfide) groups is 1. The zero-order valence-corrected chi connectivity index (χ0v) is 19.5. The van der Waals surface area contributed by atoms with Crippen molar-refractivity contribution in [3.63, 3.8) is 0 Å². The summed E-state index contributed by atoms with van der Waals surface area (Å²) in [6.07, 6.45) is 0. The Hall–Kier alpha value is -3.09. The minimum atomic E-state index is -0.199. The summed E-state index contributed by atoms with van der Waals surface area (Å²) in [4.78, 5) is 17.2.